The summed E-state index contributed by atoms with van der Waals surface area (Å²) in [4.78, 5) is 13.9. The standard InChI is InChI=1S/C12H20N2O/c1-2-3-4-12(15)14-8-7-10-5-6-11(9-14)13-10/h2,10-11,13H,1,3-9H2. The van der Waals surface area contributed by atoms with Crippen LogP contribution in [0.1, 0.15) is 32.1 Å². The van der Waals surface area contributed by atoms with Crippen LogP contribution in [0.4, 0.5) is 0 Å². The second kappa shape index (κ2) is 4.79. The molecule has 3 nitrogen and oxygen atoms in total. The fraction of sp³-hybridized carbons (Fsp3) is 0.750. The summed E-state index contributed by atoms with van der Waals surface area (Å²) in [5.74, 6) is 0.296. The molecule has 0 aromatic carbocycles. The highest BCUT2D eigenvalue weighted by molar-refractivity contribution is 5.76. The van der Waals surface area contributed by atoms with E-state index in [9.17, 15) is 4.79 Å². The molecule has 2 atom stereocenters. The first-order valence-electron chi connectivity index (χ1n) is 5.94. The van der Waals surface area contributed by atoms with E-state index in [1.54, 1.807) is 0 Å². The molecule has 0 aliphatic carbocycles. The second-order valence-corrected chi connectivity index (χ2v) is 4.59. The quantitative estimate of drug-likeness (QED) is 0.709. The van der Waals surface area contributed by atoms with E-state index in [0.717, 1.165) is 25.9 Å². The molecule has 2 aliphatic rings. The van der Waals surface area contributed by atoms with Crippen LogP contribution in [0.5, 0.6) is 0 Å². The fourth-order valence-electron chi connectivity index (χ4n) is 2.55. The van der Waals surface area contributed by atoms with E-state index < -0.39 is 0 Å². The SMILES string of the molecule is C=CCCC(=O)N1CCC2CCC(C1)N2. The van der Waals surface area contributed by atoms with Gasteiger partial charge in [-0.3, -0.25) is 4.79 Å². The summed E-state index contributed by atoms with van der Waals surface area (Å²) in [6.07, 6.45) is 6.89. The van der Waals surface area contributed by atoms with E-state index in [4.69, 9.17) is 0 Å². The summed E-state index contributed by atoms with van der Waals surface area (Å²) >= 11 is 0. The van der Waals surface area contributed by atoms with Crippen LogP contribution in [0.2, 0.25) is 0 Å². The fourth-order valence-corrected chi connectivity index (χ4v) is 2.55. The molecule has 0 saturated carbocycles. The molecule has 2 fully saturated rings. The van der Waals surface area contributed by atoms with Crippen molar-refractivity contribution in [2.45, 2.75) is 44.2 Å². The molecule has 2 unspecified atom stereocenters. The van der Waals surface area contributed by atoms with Crippen molar-refractivity contribution < 1.29 is 4.79 Å². The first kappa shape index (κ1) is 10.7. The largest absolute Gasteiger partial charge is 0.341 e. The van der Waals surface area contributed by atoms with Crippen LogP contribution in [-0.2, 0) is 4.79 Å². The maximum atomic E-state index is 11.8. The Balaban J connectivity index is 1.87. The number of nitrogens with zero attached hydrogens (tertiary/aromatic N) is 1. The van der Waals surface area contributed by atoms with Crippen molar-refractivity contribution in [1.29, 1.82) is 0 Å². The van der Waals surface area contributed by atoms with E-state index >= 15 is 0 Å². The Bertz CT molecular complexity index is 252. The third kappa shape index (κ3) is 2.59. The first-order chi connectivity index (χ1) is 7.29. The number of allylic oxidation sites excluding steroid dienone is 1. The molecule has 2 rings (SSSR count). The lowest BCUT2D eigenvalue weighted by atomic mass is 10.1. The Morgan fingerprint density at radius 3 is 3.00 bits per heavy atom. The number of hydrogen-bond donors (Lipinski definition) is 1. The maximum Gasteiger partial charge on any atom is 0.222 e. The van der Waals surface area contributed by atoms with Crippen molar-refractivity contribution in [2.75, 3.05) is 13.1 Å². The van der Waals surface area contributed by atoms with Gasteiger partial charge in [-0.1, -0.05) is 6.08 Å². The number of carbonyl (C=O) groups excluding carboxylic acids is 1. The number of amides is 1. The van der Waals surface area contributed by atoms with Crippen molar-refractivity contribution in [3.8, 4) is 0 Å². The Labute approximate surface area is 91.5 Å². The first-order valence-corrected chi connectivity index (χ1v) is 5.94. The highest BCUT2D eigenvalue weighted by Crippen LogP contribution is 2.20. The number of carbonyl (C=O) groups is 1. The van der Waals surface area contributed by atoms with E-state index in [2.05, 4.69) is 11.9 Å². The van der Waals surface area contributed by atoms with Gasteiger partial charge in [-0.15, -0.1) is 6.58 Å². The molecule has 0 aromatic rings. The number of hydrogen-bond acceptors (Lipinski definition) is 2. The average Bonchev–Trinajstić information content (AvgIpc) is 2.55. The van der Waals surface area contributed by atoms with Gasteiger partial charge in [-0.05, 0) is 25.7 Å². The normalized spacial score (nSPS) is 30.0. The second-order valence-electron chi connectivity index (χ2n) is 4.59. The molecule has 1 amide bonds. The zero-order chi connectivity index (χ0) is 10.7. The minimum absolute atomic E-state index is 0.296. The Morgan fingerprint density at radius 1 is 1.40 bits per heavy atom. The summed E-state index contributed by atoms with van der Waals surface area (Å²) in [7, 11) is 0. The Morgan fingerprint density at radius 2 is 2.20 bits per heavy atom. The lowest BCUT2D eigenvalue weighted by Gasteiger charge is -2.24. The highest BCUT2D eigenvalue weighted by Gasteiger charge is 2.30. The minimum Gasteiger partial charge on any atom is -0.341 e. The van der Waals surface area contributed by atoms with Gasteiger partial charge in [-0.25, -0.2) is 0 Å². The van der Waals surface area contributed by atoms with Crippen molar-refractivity contribution >= 4 is 5.91 Å². The van der Waals surface area contributed by atoms with E-state index in [1.807, 2.05) is 11.0 Å². The number of likely N-dealkylation sites (tertiary alicyclic amines) is 1. The molecule has 0 radical (unpaired) electrons. The zero-order valence-corrected chi connectivity index (χ0v) is 9.24. The third-order valence-electron chi connectivity index (χ3n) is 3.44. The number of rotatable bonds is 3. The van der Waals surface area contributed by atoms with Crippen LogP contribution >= 0.6 is 0 Å². The Kier molecular flexibility index (Phi) is 3.41. The zero-order valence-electron chi connectivity index (χ0n) is 9.24. The Hall–Kier alpha value is -0.830. The predicted molar refractivity (Wildman–Crippen MR) is 60.6 cm³/mol. The summed E-state index contributed by atoms with van der Waals surface area (Å²) in [6.45, 7) is 5.50. The maximum absolute atomic E-state index is 11.8. The summed E-state index contributed by atoms with van der Waals surface area (Å²) in [6, 6.07) is 1.21. The molecular weight excluding hydrogens is 188 g/mol. The average molecular weight is 208 g/mol. The van der Waals surface area contributed by atoms with E-state index in [-0.39, 0.29) is 0 Å². The van der Waals surface area contributed by atoms with Gasteiger partial charge < -0.3 is 10.2 Å². The van der Waals surface area contributed by atoms with Crippen LogP contribution in [0.25, 0.3) is 0 Å². The van der Waals surface area contributed by atoms with Crippen LogP contribution in [0.15, 0.2) is 12.7 Å². The van der Waals surface area contributed by atoms with Gasteiger partial charge >= 0.3 is 0 Å². The van der Waals surface area contributed by atoms with Crippen molar-refractivity contribution in [3.05, 3.63) is 12.7 Å². The van der Waals surface area contributed by atoms with Crippen molar-refractivity contribution in [2.24, 2.45) is 0 Å². The molecular formula is C12H20N2O. The van der Waals surface area contributed by atoms with Gasteiger partial charge in [0.25, 0.3) is 0 Å². The summed E-state index contributed by atoms with van der Waals surface area (Å²) < 4.78 is 0. The lowest BCUT2D eigenvalue weighted by molar-refractivity contribution is -0.131. The number of fused-ring (bicyclic) bond motifs is 2. The van der Waals surface area contributed by atoms with E-state index in [1.165, 1.54) is 12.8 Å². The molecule has 0 spiro atoms. The van der Waals surface area contributed by atoms with Gasteiger partial charge in [0.1, 0.15) is 0 Å². The molecule has 1 N–H and O–H groups in total. The monoisotopic (exact) mass is 208 g/mol. The summed E-state index contributed by atoms with van der Waals surface area (Å²) in [5.41, 5.74) is 0. The molecule has 2 bridgehead atoms. The number of nitrogens with one attached hydrogen (secondary N) is 1. The van der Waals surface area contributed by atoms with E-state index in [0.29, 0.717) is 24.4 Å². The molecule has 3 heteroatoms. The molecule has 0 aromatic heterocycles. The molecule has 2 heterocycles. The smallest absolute Gasteiger partial charge is 0.222 e. The molecule has 2 saturated heterocycles. The van der Waals surface area contributed by atoms with Gasteiger partial charge in [0.15, 0.2) is 0 Å². The van der Waals surface area contributed by atoms with Crippen LogP contribution in [-0.4, -0.2) is 36.0 Å². The van der Waals surface area contributed by atoms with Crippen LogP contribution in [0.3, 0.4) is 0 Å². The van der Waals surface area contributed by atoms with Gasteiger partial charge in [-0.2, -0.15) is 0 Å². The molecule has 2 aliphatic heterocycles. The predicted octanol–water partition coefficient (Wildman–Crippen LogP) is 1.31. The molecule has 15 heavy (non-hydrogen) atoms. The lowest BCUT2D eigenvalue weighted by Crippen LogP contribution is -2.38. The highest BCUT2D eigenvalue weighted by atomic mass is 16.2. The van der Waals surface area contributed by atoms with Gasteiger partial charge in [0, 0.05) is 31.6 Å². The van der Waals surface area contributed by atoms with Gasteiger partial charge in [0.05, 0.1) is 0 Å². The van der Waals surface area contributed by atoms with Crippen molar-refractivity contribution in [3.63, 3.8) is 0 Å². The minimum atomic E-state index is 0.296. The summed E-state index contributed by atoms with van der Waals surface area (Å²) in [5, 5.41) is 3.58. The van der Waals surface area contributed by atoms with Crippen molar-refractivity contribution in [1.82, 2.24) is 10.2 Å². The third-order valence-corrected chi connectivity index (χ3v) is 3.44. The molecule has 84 valence electrons. The topological polar surface area (TPSA) is 32.3 Å². The van der Waals surface area contributed by atoms with Gasteiger partial charge in [0.2, 0.25) is 5.91 Å². The van der Waals surface area contributed by atoms with Crippen LogP contribution < -0.4 is 5.32 Å². The van der Waals surface area contributed by atoms with Crippen LogP contribution in [0, 0.1) is 0 Å².